The number of aryl methyl sites for hydroxylation is 1. The molecule has 1 amide bonds. The van der Waals surface area contributed by atoms with Crippen molar-refractivity contribution in [3.63, 3.8) is 0 Å². The number of aromatic nitrogens is 2. The second-order valence-electron chi connectivity index (χ2n) is 4.76. The van der Waals surface area contributed by atoms with E-state index in [1.807, 2.05) is 19.1 Å². The number of anilines is 3. The van der Waals surface area contributed by atoms with Crippen molar-refractivity contribution in [2.75, 3.05) is 10.6 Å². The number of thiazole rings is 1. The van der Waals surface area contributed by atoms with E-state index in [4.69, 9.17) is 16.3 Å². The first kappa shape index (κ1) is 16.2. The van der Waals surface area contributed by atoms with E-state index in [0.717, 1.165) is 10.7 Å². The van der Waals surface area contributed by atoms with Crippen LogP contribution in [0.25, 0.3) is 0 Å². The maximum absolute atomic E-state index is 12.1. The molecular formula is C16H13ClN4O2S. The molecule has 0 aliphatic heterocycles. The first-order chi connectivity index (χ1) is 11.6. The van der Waals surface area contributed by atoms with Gasteiger partial charge in [0.1, 0.15) is 0 Å². The predicted molar refractivity (Wildman–Crippen MR) is 95.5 cm³/mol. The highest BCUT2D eigenvalue weighted by Gasteiger charge is 2.15. The maximum atomic E-state index is 12.1. The van der Waals surface area contributed by atoms with Gasteiger partial charge in [0.15, 0.2) is 5.00 Å². The number of ether oxygens (including phenoxy) is 1. The van der Waals surface area contributed by atoms with Crippen LogP contribution in [0.4, 0.5) is 21.2 Å². The number of carbonyl (C=O) groups is 1. The summed E-state index contributed by atoms with van der Waals surface area (Å²) < 4.78 is 5.31. The molecule has 0 saturated heterocycles. The number of nitrogens with one attached hydrogen (secondary N) is 2. The zero-order chi connectivity index (χ0) is 16.9. The zero-order valence-electron chi connectivity index (χ0n) is 12.6. The Hall–Kier alpha value is -2.64. The minimum atomic E-state index is -0.642. The van der Waals surface area contributed by atoms with Crippen molar-refractivity contribution in [1.29, 1.82) is 0 Å². The summed E-state index contributed by atoms with van der Waals surface area (Å²) in [7, 11) is 0. The van der Waals surface area contributed by atoms with E-state index in [2.05, 4.69) is 20.6 Å². The summed E-state index contributed by atoms with van der Waals surface area (Å²) in [6, 6.07) is 10.5. The number of hydrogen-bond donors (Lipinski definition) is 2. The quantitative estimate of drug-likeness (QED) is 0.695. The van der Waals surface area contributed by atoms with E-state index in [9.17, 15) is 4.79 Å². The second kappa shape index (κ2) is 7.29. The van der Waals surface area contributed by atoms with Crippen molar-refractivity contribution in [2.24, 2.45) is 0 Å². The largest absolute Gasteiger partial charge is 0.418 e. The van der Waals surface area contributed by atoms with E-state index >= 15 is 0 Å². The Morgan fingerprint density at radius 2 is 2.08 bits per heavy atom. The molecule has 8 heteroatoms. The van der Waals surface area contributed by atoms with Gasteiger partial charge in [-0.25, -0.2) is 9.78 Å². The molecule has 2 aromatic heterocycles. The number of rotatable bonds is 4. The Morgan fingerprint density at radius 3 is 2.83 bits per heavy atom. The highest BCUT2D eigenvalue weighted by Crippen LogP contribution is 2.33. The van der Waals surface area contributed by atoms with Crippen LogP contribution in [0, 0.1) is 6.92 Å². The molecule has 122 valence electrons. The summed E-state index contributed by atoms with van der Waals surface area (Å²) in [5.41, 5.74) is 1.32. The number of amides is 1. The van der Waals surface area contributed by atoms with Gasteiger partial charge in [0.25, 0.3) is 5.88 Å². The molecule has 0 unspecified atom stereocenters. The van der Waals surface area contributed by atoms with Crippen LogP contribution in [-0.2, 0) is 0 Å². The molecule has 0 atom stereocenters. The van der Waals surface area contributed by atoms with Crippen molar-refractivity contribution in [2.45, 2.75) is 6.92 Å². The van der Waals surface area contributed by atoms with Gasteiger partial charge >= 0.3 is 6.09 Å². The molecule has 0 spiro atoms. The topological polar surface area (TPSA) is 76.1 Å². The van der Waals surface area contributed by atoms with Crippen molar-refractivity contribution in [3.8, 4) is 5.88 Å². The van der Waals surface area contributed by atoms with Gasteiger partial charge in [-0.15, -0.1) is 0 Å². The fraction of sp³-hybridized carbons (Fsp3) is 0.0625. The first-order valence-corrected chi connectivity index (χ1v) is 8.18. The van der Waals surface area contributed by atoms with E-state index in [1.165, 1.54) is 11.3 Å². The molecule has 0 bridgehead atoms. The summed E-state index contributed by atoms with van der Waals surface area (Å²) in [5.74, 6) is 0.209. The van der Waals surface area contributed by atoms with Crippen molar-refractivity contribution in [1.82, 2.24) is 9.97 Å². The van der Waals surface area contributed by atoms with Gasteiger partial charge in [-0.3, -0.25) is 10.3 Å². The molecule has 0 radical (unpaired) electrons. The minimum Gasteiger partial charge on any atom is -0.388 e. The van der Waals surface area contributed by atoms with E-state index in [-0.39, 0.29) is 5.88 Å². The predicted octanol–water partition coefficient (Wildman–Crippen LogP) is 4.85. The lowest BCUT2D eigenvalue weighted by Crippen LogP contribution is -2.17. The maximum Gasteiger partial charge on any atom is 0.418 e. The number of nitrogens with zero attached hydrogens (tertiary/aromatic N) is 2. The Bertz CT molecular complexity index is 854. The lowest BCUT2D eigenvalue weighted by molar-refractivity contribution is 0.214. The van der Waals surface area contributed by atoms with Gasteiger partial charge < -0.3 is 10.1 Å². The van der Waals surface area contributed by atoms with Crippen LogP contribution in [0.15, 0.2) is 48.8 Å². The van der Waals surface area contributed by atoms with Crippen LogP contribution >= 0.6 is 22.9 Å². The number of pyridine rings is 1. The summed E-state index contributed by atoms with van der Waals surface area (Å²) in [6.07, 6.45) is 2.71. The molecule has 1 aromatic carbocycles. The Morgan fingerprint density at radius 1 is 1.25 bits per heavy atom. The second-order valence-corrected chi connectivity index (χ2v) is 6.40. The number of halogens is 1. The normalized spacial score (nSPS) is 10.2. The van der Waals surface area contributed by atoms with Crippen molar-refractivity contribution >= 4 is 45.4 Å². The molecule has 0 aliphatic rings. The fourth-order valence-electron chi connectivity index (χ4n) is 1.92. The summed E-state index contributed by atoms with van der Waals surface area (Å²) in [6.45, 7) is 1.83. The molecule has 0 fully saturated rings. The third-order valence-electron chi connectivity index (χ3n) is 2.88. The smallest absolute Gasteiger partial charge is 0.388 e. The lowest BCUT2D eigenvalue weighted by Gasteiger charge is -2.07. The van der Waals surface area contributed by atoms with Crippen LogP contribution in [0.2, 0.25) is 5.02 Å². The average Bonchev–Trinajstić information content (AvgIpc) is 2.87. The molecule has 2 heterocycles. The molecule has 0 aliphatic carbocycles. The van der Waals surface area contributed by atoms with Gasteiger partial charge in [0.2, 0.25) is 0 Å². The van der Waals surface area contributed by atoms with Gasteiger partial charge in [-0.05, 0) is 37.3 Å². The number of benzene rings is 1. The summed E-state index contributed by atoms with van der Waals surface area (Å²) >= 11 is 7.27. The van der Waals surface area contributed by atoms with Crippen LogP contribution in [0.1, 0.15) is 5.01 Å². The third-order valence-corrected chi connectivity index (χ3v) is 3.99. The van der Waals surface area contributed by atoms with Gasteiger partial charge in [0.05, 0.1) is 16.9 Å². The Labute approximate surface area is 147 Å². The number of carbonyl (C=O) groups excluding carboxylic acids is 1. The molecule has 3 aromatic rings. The fourth-order valence-corrected chi connectivity index (χ4v) is 2.88. The minimum absolute atomic E-state index is 0.209. The first-order valence-electron chi connectivity index (χ1n) is 6.99. The molecule has 6 nitrogen and oxygen atoms in total. The zero-order valence-corrected chi connectivity index (χ0v) is 14.2. The van der Waals surface area contributed by atoms with Crippen LogP contribution in [-0.4, -0.2) is 16.1 Å². The van der Waals surface area contributed by atoms with E-state index < -0.39 is 6.09 Å². The summed E-state index contributed by atoms with van der Waals surface area (Å²) in [5, 5.41) is 7.67. The van der Waals surface area contributed by atoms with Crippen LogP contribution < -0.4 is 15.4 Å². The van der Waals surface area contributed by atoms with Crippen LogP contribution in [0.3, 0.4) is 0 Å². The van der Waals surface area contributed by atoms with Gasteiger partial charge in [-0.2, -0.15) is 0 Å². The SMILES string of the molecule is Cc1nc(OC(=O)Nc2cccc(Cl)c2)c(Nc2cccnc2)s1. The lowest BCUT2D eigenvalue weighted by atomic mass is 10.3. The van der Waals surface area contributed by atoms with Gasteiger partial charge in [-0.1, -0.05) is 29.0 Å². The third kappa shape index (κ3) is 4.21. The monoisotopic (exact) mass is 360 g/mol. The van der Waals surface area contributed by atoms with Crippen molar-refractivity contribution < 1.29 is 9.53 Å². The Kier molecular flexibility index (Phi) is 4.93. The molecule has 2 N–H and O–H groups in total. The van der Waals surface area contributed by atoms with Crippen LogP contribution in [0.5, 0.6) is 5.88 Å². The van der Waals surface area contributed by atoms with E-state index in [0.29, 0.717) is 15.7 Å². The highest BCUT2D eigenvalue weighted by atomic mass is 35.5. The van der Waals surface area contributed by atoms with E-state index in [1.54, 1.807) is 36.7 Å². The Balaban J connectivity index is 1.71. The van der Waals surface area contributed by atoms with Crippen molar-refractivity contribution in [3.05, 3.63) is 58.8 Å². The average molecular weight is 361 g/mol. The molecule has 3 rings (SSSR count). The molecule has 0 saturated carbocycles. The highest BCUT2D eigenvalue weighted by molar-refractivity contribution is 7.16. The summed E-state index contributed by atoms with van der Waals surface area (Å²) in [4.78, 5) is 20.3. The molecular weight excluding hydrogens is 348 g/mol. The number of hydrogen-bond acceptors (Lipinski definition) is 6. The van der Waals surface area contributed by atoms with Gasteiger partial charge in [0, 0.05) is 16.9 Å². The standard InChI is InChI=1S/C16H13ClN4O2S/c1-10-19-14(15(24-10)20-13-6-3-7-18-9-13)23-16(22)21-12-5-2-4-11(17)8-12/h2-9,20H,1H3,(H,21,22). The molecule has 24 heavy (non-hydrogen) atoms.